The highest BCUT2D eigenvalue weighted by Crippen LogP contribution is 2.34. The molecule has 1 saturated heterocycles. The summed E-state index contributed by atoms with van der Waals surface area (Å²) in [5, 5.41) is 5.63. The van der Waals surface area contributed by atoms with Crippen molar-refractivity contribution in [2.24, 2.45) is 0 Å². The first-order chi connectivity index (χ1) is 16.1. The molecule has 4 rings (SSSR count). The van der Waals surface area contributed by atoms with Gasteiger partial charge in [-0.3, -0.25) is 14.5 Å². The summed E-state index contributed by atoms with van der Waals surface area (Å²) in [5.74, 6) is -0.433. The average Bonchev–Trinajstić information content (AvgIpc) is 3.48. The molecule has 0 aliphatic carbocycles. The zero-order valence-electron chi connectivity index (χ0n) is 18.2. The Labute approximate surface area is 191 Å². The fourth-order valence-electron chi connectivity index (χ4n) is 3.70. The third kappa shape index (κ3) is 5.06. The summed E-state index contributed by atoms with van der Waals surface area (Å²) in [6.45, 7) is 2.73. The van der Waals surface area contributed by atoms with Gasteiger partial charge < -0.3 is 19.8 Å². The van der Waals surface area contributed by atoms with Gasteiger partial charge in [-0.15, -0.1) is 0 Å². The SMILES string of the molecule is CCCNC(=O)C1C(c2ccc(NC(=O)c3ccco3)cc2)OC(=O)N1Cc1ccccc1. The average molecular weight is 447 g/mol. The molecule has 2 unspecified atom stereocenters. The first kappa shape index (κ1) is 22.1. The Morgan fingerprint density at radius 1 is 1.00 bits per heavy atom. The van der Waals surface area contributed by atoms with Gasteiger partial charge in [-0.25, -0.2) is 4.79 Å². The molecule has 1 fully saturated rings. The summed E-state index contributed by atoms with van der Waals surface area (Å²) in [7, 11) is 0. The van der Waals surface area contributed by atoms with E-state index in [0.29, 0.717) is 17.8 Å². The van der Waals surface area contributed by atoms with Gasteiger partial charge in [0.15, 0.2) is 17.9 Å². The third-order valence-corrected chi connectivity index (χ3v) is 5.34. The fraction of sp³-hybridized carbons (Fsp3) is 0.240. The molecule has 0 bridgehead atoms. The third-order valence-electron chi connectivity index (χ3n) is 5.34. The normalized spacial score (nSPS) is 17.5. The summed E-state index contributed by atoms with van der Waals surface area (Å²) in [6.07, 6.45) is 0.890. The van der Waals surface area contributed by atoms with E-state index in [9.17, 15) is 14.4 Å². The van der Waals surface area contributed by atoms with Crippen molar-refractivity contribution in [1.82, 2.24) is 10.2 Å². The van der Waals surface area contributed by atoms with E-state index in [1.54, 1.807) is 36.4 Å². The van der Waals surface area contributed by atoms with Gasteiger partial charge in [0.2, 0.25) is 5.91 Å². The molecule has 1 aliphatic rings. The van der Waals surface area contributed by atoms with Crippen LogP contribution in [-0.2, 0) is 16.1 Å². The maximum atomic E-state index is 13.0. The van der Waals surface area contributed by atoms with Crippen LogP contribution < -0.4 is 10.6 Å². The Balaban J connectivity index is 1.54. The first-order valence-electron chi connectivity index (χ1n) is 10.8. The summed E-state index contributed by atoms with van der Waals surface area (Å²) >= 11 is 0. The number of furan rings is 1. The maximum Gasteiger partial charge on any atom is 0.411 e. The predicted octanol–water partition coefficient (Wildman–Crippen LogP) is 4.12. The molecule has 2 heterocycles. The molecule has 3 aromatic rings. The molecule has 0 saturated carbocycles. The number of nitrogens with one attached hydrogen (secondary N) is 2. The van der Waals surface area contributed by atoms with Gasteiger partial charge in [0.05, 0.1) is 12.8 Å². The smallest absolute Gasteiger partial charge is 0.411 e. The molecule has 0 radical (unpaired) electrons. The highest BCUT2D eigenvalue weighted by Gasteiger charge is 2.46. The summed E-state index contributed by atoms with van der Waals surface area (Å²) < 4.78 is 10.7. The lowest BCUT2D eigenvalue weighted by atomic mass is 10.00. The Bertz CT molecular complexity index is 1100. The Morgan fingerprint density at radius 2 is 1.76 bits per heavy atom. The highest BCUT2D eigenvalue weighted by atomic mass is 16.6. The lowest BCUT2D eigenvalue weighted by Gasteiger charge is -2.24. The monoisotopic (exact) mass is 447 g/mol. The Hall–Kier alpha value is -4.07. The van der Waals surface area contributed by atoms with Gasteiger partial charge in [-0.05, 0) is 41.8 Å². The zero-order chi connectivity index (χ0) is 23.2. The molecule has 170 valence electrons. The van der Waals surface area contributed by atoms with Crippen molar-refractivity contribution in [3.05, 3.63) is 89.9 Å². The Kier molecular flexibility index (Phi) is 6.73. The van der Waals surface area contributed by atoms with Crippen molar-refractivity contribution in [1.29, 1.82) is 0 Å². The number of amides is 3. The van der Waals surface area contributed by atoms with Gasteiger partial charge >= 0.3 is 6.09 Å². The summed E-state index contributed by atoms with van der Waals surface area (Å²) in [4.78, 5) is 39.4. The van der Waals surface area contributed by atoms with Crippen molar-refractivity contribution in [3.63, 3.8) is 0 Å². The number of rotatable bonds is 8. The lowest BCUT2D eigenvalue weighted by molar-refractivity contribution is -0.126. The minimum Gasteiger partial charge on any atom is -0.459 e. The standard InChI is InChI=1S/C25H25N3O5/c1-2-14-26-24(30)21-22(33-25(31)28(21)16-17-7-4-3-5-8-17)18-10-12-19(13-11-18)27-23(29)20-9-6-15-32-20/h3-13,15,21-22H,2,14,16H2,1H3,(H,26,30)(H,27,29). The highest BCUT2D eigenvalue weighted by molar-refractivity contribution is 6.02. The summed E-state index contributed by atoms with van der Waals surface area (Å²) in [6, 6.07) is 18.7. The van der Waals surface area contributed by atoms with Crippen LogP contribution in [0, 0.1) is 0 Å². The molecule has 2 atom stereocenters. The lowest BCUT2D eigenvalue weighted by Crippen LogP contribution is -2.46. The van der Waals surface area contributed by atoms with E-state index >= 15 is 0 Å². The van der Waals surface area contributed by atoms with E-state index in [-0.39, 0.29) is 24.1 Å². The van der Waals surface area contributed by atoms with Crippen LogP contribution in [0.25, 0.3) is 0 Å². The Morgan fingerprint density at radius 3 is 2.42 bits per heavy atom. The maximum absolute atomic E-state index is 13.0. The summed E-state index contributed by atoms with van der Waals surface area (Å²) in [5.41, 5.74) is 2.11. The second-order valence-electron chi connectivity index (χ2n) is 7.71. The molecular weight excluding hydrogens is 422 g/mol. The van der Waals surface area contributed by atoms with E-state index in [1.165, 1.54) is 11.2 Å². The van der Waals surface area contributed by atoms with Gasteiger partial charge in [0.25, 0.3) is 5.91 Å². The number of cyclic esters (lactones) is 1. The molecule has 1 aliphatic heterocycles. The van der Waals surface area contributed by atoms with Crippen molar-refractivity contribution >= 4 is 23.6 Å². The van der Waals surface area contributed by atoms with Crippen molar-refractivity contribution in [2.45, 2.75) is 32.0 Å². The number of carbonyl (C=O) groups excluding carboxylic acids is 3. The van der Waals surface area contributed by atoms with Gasteiger partial charge in [-0.2, -0.15) is 0 Å². The van der Waals surface area contributed by atoms with Gasteiger partial charge in [-0.1, -0.05) is 49.4 Å². The largest absolute Gasteiger partial charge is 0.459 e. The topological polar surface area (TPSA) is 101 Å². The van der Waals surface area contributed by atoms with Crippen LogP contribution in [0.2, 0.25) is 0 Å². The predicted molar refractivity (Wildman–Crippen MR) is 121 cm³/mol. The number of benzene rings is 2. The van der Waals surface area contributed by atoms with Crippen molar-refractivity contribution in [2.75, 3.05) is 11.9 Å². The fourth-order valence-corrected chi connectivity index (χ4v) is 3.70. The van der Waals surface area contributed by atoms with Crippen molar-refractivity contribution in [3.8, 4) is 0 Å². The minimum absolute atomic E-state index is 0.202. The minimum atomic E-state index is -0.812. The molecule has 8 nitrogen and oxygen atoms in total. The molecule has 8 heteroatoms. The van der Waals surface area contributed by atoms with Crippen molar-refractivity contribution < 1.29 is 23.5 Å². The van der Waals surface area contributed by atoms with E-state index in [2.05, 4.69) is 10.6 Å². The molecular formula is C25H25N3O5. The second kappa shape index (κ2) is 10.0. The number of nitrogens with zero attached hydrogens (tertiary/aromatic N) is 1. The van der Waals surface area contributed by atoms with E-state index in [1.807, 2.05) is 37.3 Å². The van der Waals surface area contributed by atoms with E-state index < -0.39 is 18.2 Å². The number of ether oxygens (including phenoxy) is 1. The molecule has 33 heavy (non-hydrogen) atoms. The zero-order valence-corrected chi connectivity index (χ0v) is 18.2. The van der Waals surface area contributed by atoms with Gasteiger partial charge in [0.1, 0.15) is 0 Å². The van der Waals surface area contributed by atoms with E-state index in [4.69, 9.17) is 9.15 Å². The molecule has 1 aromatic heterocycles. The van der Waals surface area contributed by atoms with Crippen LogP contribution in [-0.4, -0.2) is 35.4 Å². The number of hydrogen-bond acceptors (Lipinski definition) is 5. The molecule has 3 amide bonds. The molecule has 2 aromatic carbocycles. The van der Waals surface area contributed by atoms with Crippen LogP contribution >= 0.6 is 0 Å². The van der Waals surface area contributed by atoms with Crippen LogP contribution in [0.4, 0.5) is 10.5 Å². The quantitative estimate of drug-likeness (QED) is 0.541. The number of hydrogen-bond donors (Lipinski definition) is 2. The van der Waals surface area contributed by atoms with Crippen LogP contribution in [0.15, 0.2) is 77.4 Å². The second-order valence-corrected chi connectivity index (χ2v) is 7.71. The van der Waals surface area contributed by atoms with Gasteiger partial charge in [0, 0.05) is 12.2 Å². The van der Waals surface area contributed by atoms with Crippen LogP contribution in [0.1, 0.15) is 41.1 Å². The van der Waals surface area contributed by atoms with E-state index in [0.717, 1.165) is 12.0 Å². The van der Waals surface area contributed by atoms with Crippen LogP contribution in [0.5, 0.6) is 0 Å². The molecule has 2 N–H and O–H groups in total. The first-order valence-corrected chi connectivity index (χ1v) is 10.8. The molecule has 0 spiro atoms. The van der Waals surface area contributed by atoms with Crippen LogP contribution in [0.3, 0.4) is 0 Å². The number of anilines is 1. The number of carbonyl (C=O) groups is 3.